The maximum absolute atomic E-state index is 13.3. The number of fused-ring (bicyclic) bond motifs is 1. The number of phenolic OH excluding ortho intramolecular Hbond substituents is 1. The van der Waals surface area contributed by atoms with Crippen LogP contribution in [-0.2, 0) is 6.42 Å². The molecule has 0 spiro atoms. The van der Waals surface area contributed by atoms with E-state index in [0.29, 0.717) is 25.0 Å². The molecule has 5 heteroatoms. The molecule has 2 rings (SSSR count). The van der Waals surface area contributed by atoms with Gasteiger partial charge in [-0.3, -0.25) is 0 Å². The van der Waals surface area contributed by atoms with Gasteiger partial charge >= 0.3 is 6.18 Å². The van der Waals surface area contributed by atoms with Gasteiger partial charge in [0.05, 0.1) is 0 Å². The van der Waals surface area contributed by atoms with E-state index >= 15 is 0 Å². The molecule has 0 radical (unpaired) electrons. The Bertz CT molecular complexity index is 918. The van der Waals surface area contributed by atoms with Crippen LogP contribution in [0.2, 0.25) is 0 Å². The Hall–Kier alpha value is -2.17. The van der Waals surface area contributed by atoms with E-state index in [1.54, 1.807) is 0 Å². The molecule has 0 saturated carbocycles. The second kappa shape index (κ2) is 11.3. The molecule has 0 amide bonds. The van der Waals surface area contributed by atoms with Crippen LogP contribution in [0.3, 0.4) is 0 Å². The van der Waals surface area contributed by atoms with E-state index in [0.717, 1.165) is 59.3 Å². The number of halogens is 3. The zero-order chi connectivity index (χ0) is 24.8. The molecule has 1 unspecified atom stereocenters. The molecule has 0 saturated heterocycles. The topological polar surface area (TPSA) is 29.5 Å². The summed E-state index contributed by atoms with van der Waals surface area (Å²) in [6.07, 6.45) is 5.96. The van der Waals surface area contributed by atoms with Crippen molar-refractivity contribution in [3.8, 4) is 11.5 Å². The Morgan fingerprint density at radius 1 is 1.06 bits per heavy atom. The molecule has 0 fully saturated rings. The molecular formula is C28H39F3O2. The third kappa shape index (κ3) is 7.97. The van der Waals surface area contributed by atoms with E-state index in [1.807, 2.05) is 46.8 Å². The lowest BCUT2D eigenvalue weighted by Gasteiger charge is -2.37. The predicted octanol–water partition coefficient (Wildman–Crippen LogP) is 8.83. The van der Waals surface area contributed by atoms with Crippen LogP contribution in [0.5, 0.6) is 11.5 Å². The van der Waals surface area contributed by atoms with Gasteiger partial charge in [0.15, 0.2) is 0 Å². The van der Waals surface area contributed by atoms with Crippen molar-refractivity contribution in [3.05, 3.63) is 57.7 Å². The lowest BCUT2D eigenvalue weighted by Crippen LogP contribution is -2.36. The average Bonchev–Trinajstić information content (AvgIpc) is 2.69. The van der Waals surface area contributed by atoms with Crippen LogP contribution in [0, 0.1) is 13.8 Å². The highest BCUT2D eigenvalue weighted by atomic mass is 19.4. The van der Waals surface area contributed by atoms with E-state index < -0.39 is 11.7 Å². The third-order valence-corrected chi connectivity index (χ3v) is 6.51. The number of alkyl halides is 3. The van der Waals surface area contributed by atoms with Crippen molar-refractivity contribution in [3.63, 3.8) is 0 Å². The van der Waals surface area contributed by atoms with Crippen molar-refractivity contribution in [2.45, 2.75) is 105 Å². The van der Waals surface area contributed by atoms with Gasteiger partial charge < -0.3 is 9.84 Å². The maximum Gasteiger partial charge on any atom is 0.412 e. The number of aryl methyl sites for hydroxylation is 1. The monoisotopic (exact) mass is 464 g/mol. The molecule has 1 atom stereocenters. The van der Waals surface area contributed by atoms with E-state index in [2.05, 4.69) is 13.0 Å². The molecule has 0 aromatic heterocycles. The van der Waals surface area contributed by atoms with E-state index in [4.69, 9.17) is 4.74 Å². The molecule has 0 bridgehead atoms. The minimum Gasteiger partial charge on any atom is -0.507 e. The van der Waals surface area contributed by atoms with Crippen LogP contribution < -0.4 is 4.74 Å². The van der Waals surface area contributed by atoms with Crippen LogP contribution in [0.1, 0.15) is 89.3 Å². The van der Waals surface area contributed by atoms with Gasteiger partial charge in [0.25, 0.3) is 0 Å². The SMILES string of the molecule is CC(C)=CCC/C(=C/CC/C(C)=C/CCC1(C)CCc2c(cc(C)c(O)c2C)O1)C(F)(F)F. The lowest BCUT2D eigenvalue weighted by atomic mass is 9.86. The second-order valence-corrected chi connectivity index (χ2v) is 9.87. The van der Waals surface area contributed by atoms with Gasteiger partial charge in [0.2, 0.25) is 0 Å². The summed E-state index contributed by atoms with van der Waals surface area (Å²) < 4.78 is 46.1. The predicted molar refractivity (Wildman–Crippen MR) is 130 cm³/mol. The van der Waals surface area contributed by atoms with Gasteiger partial charge in [-0.05, 0) is 110 Å². The largest absolute Gasteiger partial charge is 0.507 e. The normalized spacial score (nSPS) is 19.2. The van der Waals surface area contributed by atoms with Gasteiger partial charge in [-0.15, -0.1) is 0 Å². The quantitative estimate of drug-likeness (QED) is 0.370. The number of benzene rings is 1. The zero-order valence-corrected chi connectivity index (χ0v) is 21.0. The van der Waals surface area contributed by atoms with Gasteiger partial charge in [0, 0.05) is 11.1 Å². The van der Waals surface area contributed by atoms with Crippen molar-refractivity contribution in [2.75, 3.05) is 0 Å². The number of phenols is 1. The van der Waals surface area contributed by atoms with E-state index in [1.165, 1.54) is 6.08 Å². The van der Waals surface area contributed by atoms with Crippen molar-refractivity contribution >= 4 is 0 Å². The van der Waals surface area contributed by atoms with Crippen molar-refractivity contribution in [1.29, 1.82) is 0 Å². The summed E-state index contributed by atoms with van der Waals surface area (Å²) in [6, 6.07) is 1.92. The molecule has 33 heavy (non-hydrogen) atoms. The highest BCUT2D eigenvalue weighted by molar-refractivity contribution is 5.53. The van der Waals surface area contributed by atoms with Crippen LogP contribution >= 0.6 is 0 Å². The minimum absolute atomic E-state index is 0.0331. The van der Waals surface area contributed by atoms with Gasteiger partial charge in [-0.2, -0.15) is 13.2 Å². The lowest BCUT2D eigenvalue weighted by molar-refractivity contribution is -0.0941. The summed E-state index contributed by atoms with van der Waals surface area (Å²) in [7, 11) is 0. The van der Waals surface area contributed by atoms with E-state index in [-0.39, 0.29) is 12.0 Å². The number of ether oxygens (including phenoxy) is 1. The van der Waals surface area contributed by atoms with Crippen molar-refractivity contribution < 1.29 is 23.0 Å². The van der Waals surface area contributed by atoms with Crippen LogP contribution in [-0.4, -0.2) is 16.9 Å². The summed E-state index contributed by atoms with van der Waals surface area (Å²) in [5.74, 6) is 1.20. The fourth-order valence-corrected chi connectivity index (χ4v) is 4.34. The molecule has 1 aliphatic rings. The number of aromatic hydroxyl groups is 1. The molecule has 184 valence electrons. The first-order valence-corrected chi connectivity index (χ1v) is 11.9. The first-order chi connectivity index (χ1) is 15.3. The van der Waals surface area contributed by atoms with Gasteiger partial charge in [0.1, 0.15) is 17.1 Å². The first kappa shape index (κ1) is 27.1. The fourth-order valence-electron chi connectivity index (χ4n) is 4.34. The van der Waals surface area contributed by atoms with Gasteiger partial charge in [-0.25, -0.2) is 0 Å². The molecule has 1 heterocycles. The van der Waals surface area contributed by atoms with Crippen LogP contribution in [0.4, 0.5) is 13.2 Å². The Labute approximate surface area is 197 Å². The van der Waals surface area contributed by atoms with Crippen molar-refractivity contribution in [2.24, 2.45) is 0 Å². The Kier molecular flexibility index (Phi) is 9.28. The van der Waals surface area contributed by atoms with Gasteiger partial charge in [-0.1, -0.05) is 29.4 Å². The summed E-state index contributed by atoms with van der Waals surface area (Å²) in [5.41, 5.74) is 4.23. The molecule has 1 aliphatic heterocycles. The molecular weight excluding hydrogens is 425 g/mol. The van der Waals surface area contributed by atoms with E-state index in [9.17, 15) is 18.3 Å². The summed E-state index contributed by atoms with van der Waals surface area (Å²) in [5, 5.41) is 10.2. The van der Waals surface area contributed by atoms with Crippen LogP contribution in [0.25, 0.3) is 0 Å². The molecule has 1 N–H and O–H groups in total. The number of hydrogen-bond donors (Lipinski definition) is 1. The number of hydrogen-bond acceptors (Lipinski definition) is 2. The highest BCUT2D eigenvalue weighted by Gasteiger charge is 2.33. The number of rotatable bonds is 9. The first-order valence-electron chi connectivity index (χ1n) is 11.9. The number of allylic oxidation sites excluding steroid dienone is 6. The molecule has 2 nitrogen and oxygen atoms in total. The third-order valence-electron chi connectivity index (χ3n) is 6.51. The Morgan fingerprint density at radius 2 is 1.73 bits per heavy atom. The average molecular weight is 465 g/mol. The molecule has 1 aromatic rings. The standard InChI is InChI=1S/C28H39F3O2/c1-19(2)10-7-13-23(28(29,30)31)14-8-11-20(3)12-9-16-27(6)17-15-24-22(5)26(32)21(4)18-25(24)33-27/h10,12,14,18,32H,7-9,11,13,15-17H2,1-6H3/b20-12+,23-14-. The Balaban J connectivity index is 1.91. The molecule has 1 aromatic carbocycles. The molecule has 0 aliphatic carbocycles. The second-order valence-electron chi connectivity index (χ2n) is 9.87. The summed E-state index contributed by atoms with van der Waals surface area (Å²) >= 11 is 0. The Morgan fingerprint density at radius 3 is 2.36 bits per heavy atom. The summed E-state index contributed by atoms with van der Waals surface area (Å²) in [6.45, 7) is 11.7. The highest BCUT2D eigenvalue weighted by Crippen LogP contribution is 2.41. The maximum atomic E-state index is 13.3. The smallest absolute Gasteiger partial charge is 0.412 e. The zero-order valence-electron chi connectivity index (χ0n) is 21.0. The van der Waals surface area contributed by atoms with Crippen LogP contribution in [0.15, 0.2) is 41.0 Å². The fraction of sp³-hybridized carbons (Fsp3) is 0.571. The minimum atomic E-state index is -4.26. The van der Waals surface area contributed by atoms with Crippen molar-refractivity contribution in [1.82, 2.24) is 0 Å². The summed E-state index contributed by atoms with van der Waals surface area (Å²) in [4.78, 5) is 0.